The molecule has 4 nitrogen and oxygen atoms in total. The van der Waals surface area contributed by atoms with E-state index < -0.39 is 7.82 Å². The van der Waals surface area contributed by atoms with E-state index in [2.05, 4.69) is 50.1 Å². The fourth-order valence-corrected chi connectivity index (χ4v) is 4.55. The van der Waals surface area contributed by atoms with Crippen molar-refractivity contribution < 1.29 is 34.0 Å². The molecular formula is C26H55NiO4P. The van der Waals surface area contributed by atoms with Crippen LogP contribution in [-0.2, 0) is 29.1 Å². The average molecular weight is 521 g/mol. The van der Waals surface area contributed by atoms with Crippen LogP contribution in [0, 0.1) is 11.8 Å². The molecule has 0 fully saturated rings. The summed E-state index contributed by atoms with van der Waals surface area (Å²) in [5.74, 6) is 0.607. The zero-order valence-electron chi connectivity index (χ0n) is 22.0. The topological polar surface area (TPSA) is 58.6 Å². The van der Waals surface area contributed by atoms with Crippen molar-refractivity contribution in [2.75, 3.05) is 13.2 Å². The van der Waals surface area contributed by atoms with Gasteiger partial charge in [-0.15, -0.1) is 0 Å². The van der Waals surface area contributed by atoms with Crippen LogP contribution in [0.15, 0.2) is 0 Å². The molecule has 2 unspecified atom stereocenters. The third kappa shape index (κ3) is 25.2. The van der Waals surface area contributed by atoms with E-state index in [1.165, 1.54) is 51.4 Å². The van der Waals surface area contributed by atoms with Gasteiger partial charge in [-0.3, -0.25) is 4.57 Å². The number of hydrogen-bond donors (Lipinski definition) is 0. The molecule has 0 N–H and O–H groups in total. The van der Waals surface area contributed by atoms with E-state index in [1.54, 1.807) is 0 Å². The normalized spacial score (nSPS) is 15.0. The quantitative estimate of drug-likeness (QED) is 0.0810. The summed E-state index contributed by atoms with van der Waals surface area (Å²) in [6.45, 7) is 11.2. The second-order valence-electron chi connectivity index (χ2n) is 9.00. The van der Waals surface area contributed by atoms with Gasteiger partial charge < -0.3 is 13.9 Å². The van der Waals surface area contributed by atoms with E-state index in [9.17, 15) is 9.46 Å². The molecule has 0 aromatic heterocycles. The number of phosphoric acid groups is 1. The summed E-state index contributed by atoms with van der Waals surface area (Å²) in [7, 11) is -4.14. The van der Waals surface area contributed by atoms with Gasteiger partial charge in [-0.2, -0.15) is 0 Å². The molecule has 0 aliphatic carbocycles. The predicted molar refractivity (Wildman–Crippen MR) is 134 cm³/mol. The van der Waals surface area contributed by atoms with Crippen molar-refractivity contribution in [2.45, 2.75) is 143 Å². The Morgan fingerprint density at radius 2 is 1.03 bits per heavy atom. The van der Waals surface area contributed by atoms with Crippen molar-refractivity contribution in [1.29, 1.82) is 0 Å². The molecular weight excluding hydrogens is 466 g/mol. The fraction of sp³-hybridized carbons (Fsp3) is 1.00. The van der Waals surface area contributed by atoms with Crippen LogP contribution in [0.4, 0.5) is 0 Å². The van der Waals surface area contributed by atoms with Crippen molar-refractivity contribution in [3.8, 4) is 0 Å². The van der Waals surface area contributed by atoms with Crippen molar-refractivity contribution in [2.24, 2.45) is 11.8 Å². The van der Waals surface area contributed by atoms with E-state index in [0.29, 0.717) is 11.8 Å². The SMILES string of the molecule is CCCCC(CC)COP(=O)([O-])OCC(CC)CCCC.CCCCCCCCC[CH2][Ni+]. The summed E-state index contributed by atoms with van der Waals surface area (Å²) in [4.78, 5) is 11.8. The Hall–Kier alpha value is 0.604. The molecule has 0 amide bonds. The number of rotatable bonds is 22. The Kier molecular flexibility index (Phi) is 28.5. The van der Waals surface area contributed by atoms with Crippen LogP contribution < -0.4 is 4.89 Å². The molecule has 0 aliphatic heterocycles. The van der Waals surface area contributed by atoms with Crippen LogP contribution in [0.5, 0.6) is 0 Å². The fourth-order valence-electron chi connectivity index (χ4n) is 3.44. The molecule has 198 valence electrons. The van der Waals surface area contributed by atoms with Crippen LogP contribution in [0.2, 0.25) is 5.39 Å². The average Bonchev–Trinajstić information content (AvgIpc) is 2.79. The zero-order valence-corrected chi connectivity index (χ0v) is 23.9. The first-order valence-corrected chi connectivity index (χ1v) is 15.7. The maximum atomic E-state index is 11.8. The van der Waals surface area contributed by atoms with Gasteiger partial charge in [0.1, 0.15) is 0 Å². The molecule has 0 aromatic carbocycles. The van der Waals surface area contributed by atoms with Gasteiger partial charge in [-0.05, 0) is 24.7 Å². The minimum atomic E-state index is -4.14. The third-order valence-electron chi connectivity index (χ3n) is 5.99. The summed E-state index contributed by atoms with van der Waals surface area (Å²) < 4.78 is 21.9. The Morgan fingerprint density at radius 3 is 1.38 bits per heavy atom. The van der Waals surface area contributed by atoms with Crippen molar-refractivity contribution in [3.63, 3.8) is 0 Å². The van der Waals surface area contributed by atoms with Crippen molar-refractivity contribution in [1.82, 2.24) is 0 Å². The molecule has 0 bridgehead atoms. The molecule has 6 heteroatoms. The van der Waals surface area contributed by atoms with Crippen LogP contribution in [0.25, 0.3) is 0 Å². The van der Waals surface area contributed by atoms with Crippen molar-refractivity contribution in [3.05, 3.63) is 0 Å². The first-order chi connectivity index (χ1) is 15.4. The molecule has 0 saturated heterocycles. The number of phosphoric ester groups is 1. The van der Waals surface area contributed by atoms with Gasteiger partial charge >= 0.3 is 79.1 Å². The molecule has 0 saturated carbocycles. The summed E-state index contributed by atoms with van der Waals surface area (Å²) >= 11 is 4.61. The summed E-state index contributed by atoms with van der Waals surface area (Å²) in [6, 6.07) is 0. The molecule has 32 heavy (non-hydrogen) atoms. The molecule has 2 atom stereocenters. The van der Waals surface area contributed by atoms with Gasteiger partial charge in [0.2, 0.25) is 0 Å². The third-order valence-corrected chi connectivity index (χ3v) is 7.27. The molecule has 0 aromatic rings. The summed E-state index contributed by atoms with van der Waals surface area (Å²) in [5, 5.41) is 0.995. The first-order valence-electron chi connectivity index (χ1n) is 13.5. The molecule has 0 radical (unpaired) electrons. The zero-order chi connectivity index (χ0) is 24.5. The van der Waals surface area contributed by atoms with Gasteiger partial charge in [0, 0.05) is 0 Å². The molecule has 0 heterocycles. The summed E-state index contributed by atoms with van der Waals surface area (Å²) in [6.07, 6.45) is 19.5. The van der Waals surface area contributed by atoms with Crippen LogP contribution in [0.3, 0.4) is 0 Å². The monoisotopic (exact) mass is 520 g/mol. The van der Waals surface area contributed by atoms with E-state index in [1.807, 2.05) is 0 Å². The van der Waals surface area contributed by atoms with E-state index in [4.69, 9.17) is 9.05 Å². The van der Waals surface area contributed by atoms with Gasteiger partial charge in [-0.1, -0.05) is 66.2 Å². The van der Waals surface area contributed by atoms with Gasteiger partial charge in [-0.25, -0.2) is 0 Å². The Bertz CT molecular complexity index is 377. The predicted octanol–water partition coefficient (Wildman–Crippen LogP) is 9.01. The standard InChI is InChI=1S/C16H35O4P.C10H21.Ni/c1-5-9-11-15(7-3)13-19-21(17,18)20-14-16(8-4)12-10-6-2;1-3-5-7-9-10-8-6-4-2;/h15-16H,5-14H2,1-4H3,(H,17,18);1,3-10H2,2H3;/q;;+1/p-1. The second kappa shape index (κ2) is 26.2. The Labute approximate surface area is 209 Å². The number of unbranched alkanes of at least 4 members (excludes halogenated alkanes) is 9. The van der Waals surface area contributed by atoms with E-state index in [0.717, 1.165) is 56.8 Å². The van der Waals surface area contributed by atoms with Crippen LogP contribution in [-0.4, -0.2) is 13.2 Å². The maximum absolute atomic E-state index is 11.8. The van der Waals surface area contributed by atoms with Crippen molar-refractivity contribution >= 4 is 7.82 Å². The first kappa shape index (κ1) is 34.8. The Balaban J connectivity index is 0. The minimum absolute atomic E-state index is 0.253. The van der Waals surface area contributed by atoms with Crippen LogP contribution in [0.1, 0.15) is 137 Å². The second-order valence-corrected chi connectivity index (χ2v) is 10.9. The van der Waals surface area contributed by atoms with Gasteiger partial charge in [0.05, 0.1) is 13.2 Å². The van der Waals surface area contributed by atoms with E-state index >= 15 is 0 Å². The Morgan fingerprint density at radius 1 is 0.656 bits per heavy atom. The summed E-state index contributed by atoms with van der Waals surface area (Å²) in [5.41, 5.74) is 0. The molecule has 0 aliphatic rings. The molecule has 0 rings (SSSR count). The molecule has 0 spiro atoms. The van der Waals surface area contributed by atoms with E-state index in [-0.39, 0.29) is 13.2 Å². The number of hydrogen-bond acceptors (Lipinski definition) is 4. The van der Waals surface area contributed by atoms with Crippen LogP contribution >= 0.6 is 7.82 Å². The van der Waals surface area contributed by atoms with Gasteiger partial charge in [0.15, 0.2) is 0 Å². The van der Waals surface area contributed by atoms with Gasteiger partial charge in [0.25, 0.3) is 7.82 Å².